The molecule has 0 spiro atoms. The van der Waals surface area contributed by atoms with Crippen LogP contribution in [0, 0.1) is 0 Å². The molecule has 0 amide bonds. The van der Waals surface area contributed by atoms with Crippen LogP contribution in [0.25, 0.3) is 0 Å². The minimum atomic E-state index is -5.74. The van der Waals surface area contributed by atoms with E-state index in [0.29, 0.717) is 0 Å². The van der Waals surface area contributed by atoms with Gasteiger partial charge in [0.2, 0.25) is 0 Å². The molecular formula is C6H8F9O4P. The van der Waals surface area contributed by atoms with Crippen molar-refractivity contribution in [3.63, 3.8) is 0 Å². The van der Waals surface area contributed by atoms with Gasteiger partial charge in [-0.05, 0) is 0 Å². The second-order valence-electron chi connectivity index (χ2n) is 3.24. The zero-order chi connectivity index (χ0) is 16.2. The monoisotopic (exact) mass is 346 g/mol. The van der Waals surface area contributed by atoms with Crippen LogP contribution < -0.4 is 0 Å². The van der Waals surface area contributed by atoms with Crippen molar-refractivity contribution >= 4 is 8.17 Å². The second-order valence-corrected chi connectivity index (χ2v) is 5.15. The molecule has 14 heteroatoms. The van der Waals surface area contributed by atoms with Crippen molar-refractivity contribution in [2.45, 2.75) is 18.5 Å². The predicted molar refractivity (Wildman–Crippen MR) is 46.6 cm³/mol. The predicted octanol–water partition coefficient (Wildman–Crippen LogP) is 3.13. The molecule has 20 heavy (non-hydrogen) atoms. The van der Waals surface area contributed by atoms with Crippen molar-refractivity contribution in [1.29, 1.82) is 0 Å². The summed E-state index contributed by atoms with van der Waals surface area (Å²) in [5, 5.41) is 0. The number of rotatable bonds is 6. The Bertz CT molecular complexity index is 253. The van der Waals surface area contributed by atoms with Crippen molar-refractivity contribution in [3.8, 4) is 0 Å². The first-order valence-corrected chi connectivity index (χ1v) is 6.14. The van der Waals surface area contributed by atoms with Crippen LogP contribution in [-0.4, -0.2) is 43.2 Å². The summed E-state index contributed by atoms with van der Waals surface area (Å²) in [5.74, 6) is 0. The fraction of sp³-hybridized carbons (Fsp3) is 1.00. The van der Waals surface area contributed by atoms with Crippen LogP contribution in [0.2, 0.25) is 0 Å². The van der Waals surface area contributed by atoms with E-state index in [4.69, 9.17) is 4.89 Å². The number of alkyl halides is 9. The van der Waals surface area contributed by atoms with Gasteiger partial charge in [-0.1, -0.05) is 0 Å². The minimum absolute atomic E-state index is 2.33. The summed E-state index contributed by atoms with van der Waals surface area (Å²) in [6, 6.07) is 0. The zero-order valence-corrected chi connectivity index (χ0v) is 10.2. The van der Waals surface area contributed by atoms with Gasteiger partial charge >= 0.3 is 104 Å². The fourth-order valence-corrected chi connectivity index (χ4v) is 1.93. The summed E-state index contributed by atoms with van der Waals surface area (Å²) in [5.41, 5.74) is 0. The van der Waals surface area contributed by atoms with E-state index in [9.17, 15) is 39.5 Å². The molecule has 0 saturated heterocycles. The maximum atomic E-state index is 11.8. The van der Waals surface area contributed by atoms with Crippen LogP contribution in [0.4, 0.5) is 39.5 Å². The van der Waals surface area contributed by atoms with Gasteiger partial charge in [0.1, 0.15) is 0 Å². The molecule has 0 radical (unpaired) electrons. The van der Waals surface area contributed by atoms with E-state index in [-0.39, 0.29) is 0 Å². The molecule has 0 aromatic rings. The molecule has 0 atom stereocenters. The molecule has 0 fully saturated rings. The molecule has 0 saturated carbocycles. The van der Waals surface area contributed by atoms with Gasteiger partial charge in [-0.2, -0.15) is 0 Å². The SMILES string of the molecule is O[PH](OCC(F)(F)F)(OCC(F)(F)F)OCC(F)(F)F. The normalized spacial score (nSPS) is 15.5. The molecule has 0 heterocycles. The molecule has 0 aliphatic rings. The Hall–Kier alpha value is -0.360. The van der Waals surface area contributed by atoms with Gasteiger partial charge in [0.15, 0.2) is 0 Å². The van der Waals surface area contributed by atoms with Crippen LogP contribution in [0.1, 0.15) is 0 Å². The van der Waals surface area contributed by atoms with Crippen LogP contribution >= 0.6 is 8.17 Å². The standard InChI is InChI=1S/C6H8F9O4P/c7-4(8,9)1-17-20(16,18-2-5(10,11)12)19-3-6(13,14)15/h16,20H,1-3H2. The molecular weight excluding hydrogens is 338 g/mol. The topological polar surface area (TPSA) is 47.9 Å². The van der Waals surface area contributed by atoms with E-state index in [1.54, 1.807) is 0 Å². The second kappa shape index (κ2) is 6.60. The molecule has 0 aromatic heterocycles. The van der Waals surface area contributed by atoms with Gasteiger partial charge in [-0.3, -0.25) is 0 Å². The molecule has 4 nitrogen and oxygen atoms in total. The first-order valence-electron chi connectivity index (χ1n) is 4.46. The van der Waals surface area contributed by atoms with Crippen molar-refractivity contribution in [3.05, 3.63) is 0 Å². The summed E-state index contributed by atoms with van der Waals surface area (Å²) in [7, 11) is -5.74. The quantitative estimate of drug-likeness (QED) is 0.593. The molecule has 0 bridgehead atoms. The Morgan fingerprint density at radius 2 is 0.800 bits per heavy atom. The van der Waals surface area contributed by atoms with Crippen molar-refractivity contribution < 1.29 is 58.0 Å². The summed E-state index contributed by atoms with van der Waals surface area (Å²) in [6.45, 7) is -6.98. The van der Waals surface area contributed by atoms with Gasteiger partial charge in [0, 0.05) is 0 Å². The summed E-state index contributed by atoms with van der Waals surface area (Å²) in [4.78, 5) is 9.07. The van der Waals surface area contributed by atoms with E-state index >= 15 is 0 Å². The molecule has 0 aromatic carbocycles. The molecule has 124 valence electrons. The number of halogens is 9. The van der Waals surface area contributed by atoms with Gasteiger partial charge in [0.05, 0.1) is 0 Å². The van der Waals surface area contributed by atoms with E-state index in [1.807, 2.05) is 0 Å². The Morgan fingerprint density at radius 1 is 0.600 bits per heavy atom. The van der Waals surface area contributed by atoms with Crippen LogP contribution in [0.3, 0.4) is 0 Å². The Morgan fingerprint density at radius 3 is 0.950 bits per heavy atom. The number of hydrogen-bond acceptors (Lipinski definition) is 4. The van der Waals surface area contributed by atoms with Crippen molar-refractivity contribution in [2.24, 2.45) is 0 Å². The van der Waals surface area contributed by atoms with Crippen molar-refractivity contribution in [1.82, 2.24) is 0 Å². The Kier molecular flexibility index (Phi) is 6.48. The summed E-state index contributed by atoms with van der Waals surface area (Å²) < 4.78 is 116. The van der Waals surface area contributed by atoms with Gasteiger partial charge in [-0.15, -0.1) is 0 Å². The molecule has 0 aliphatic carbocycles. The molecule has 1 N–H and O–H groups in total. The first-order chi connectivity index (χ1) is 8.62. The zero-order valence-electron chi connectivity index (χ0n) is 9.19. The van der Waals surface area contributed by atoms with Gasteiger partial charge < -0.3 is 0 Å². The fourth-order valence-electron chi connectivity index (χ4n) is 0.644. The van der Waals surface area contributed by atoms with E-state index in [1.165, 1.54) is 0 Å². The third-order valence-electron chi connectivity index (χ3n) is 1.25. The van der Waals surface area contributed by atoms with Gasteiger partial charge in [0.25, 0.3) is 0 Å². The molecule has 0 unspecified atom stereocenters. The van der Waals surface area contributed by atoms with Crippen molar-refractivity contribution in [2.75, 3.05) is 19.8 Å². The maximum absolute atomic E-state index is 11.8. The average molecular weight is 346 g/mol. The third-order valence-corrected chi connectivity index (χ3v) is 2.78. The first kappa shape index (κ1) is 19.6. The summed E-state index contributed by atoms with van der Waals surface area (Å²) in [6.07, 6.45) is -15.3. The van der Waals surface area contributed by atoms with E-state index in [2.05, 4.69) is 13.6 Å². The van der Waals surface area contributed by atoms with Gasteiger partial charge in [-0.25, -0.2) is 0 Å². The Labute approximate surface area is 106 Å². The third kappa shape index (κ3) is 11.5. The van der Waals surface area contributed by atoms with Crippen LogP contribution in [0.15, 0.2) is 0 Å². The van der Waals surface area contributed by atoms with E-state index < -0.39 is 46.5 Å². The van der Waals surface area contributed by atoms with Crippen LogP contribution in [0.5, 0.6) is 0 Å². The molecule has 0 rings (SSSR count). The summed E-state index contributed by atoms with van der Waals surface area (Å²) >= 11 is 0. The van der Waals surface area contributed by atoms with Crippen LogP contribution in [-0.2, 0) is 13.6 Å². The molecule has 0 aliphatic heterocycles. The van der Waals surface area contributed by atoms with E-state index in [0.717, 1.165) is 0 Å². The number of hydrogen-bond donors (Lipinski definition) is 1. The Balaban J connectivity index is 4.66. The average Bonchev–Trinajstić information content (AvgIpc) is 2.18.